The second-order valence-electron chi connectivity index (χ2n) is 6.16. The summed E-state index contributed by atoms with van der Waals surface area (Å²) in [6.45, 7) is 6.55. The van der Waals surface area contributed by atoms with Crippen molar-refractivity contribution in [3.05, 3.63) is 70.0 Å². The molecule has 2 unspecified atom stereocenters. The first-order valence-corrected chi connectivity index (χ1v) is 7.43. The fraction of sp³-hybridized carbons (Fsp3) is 0.368. The van der Waals surface area contributed by atoms with Crippen molar-refractivity contribution in [3.63, 3.8) is 0 Å². The molecule has 20 heavy (non-hydrogen) atoms. The lowest BCUT2D eigenvalue weighted by Gasteiger charge is -2.39. The average Bonchev–Trinajstić information content (AvgIpc) is 2.85. The third-order valence-corrected chi connectivity index (χ3v) is 4.69. The van der Waals surface area contributed by atoms with E-state index in [-0.39, 0.29) is 5.92 Å². The SMILES string of the molecule is Cc1cc(C)c(C2CCC2C(O)=C2C=CC=C2)c(C)c1. The second-order valence-corrected chi connectivity index (χ2v) is 6.16. The molecular formula is C19H22O. The number of aryl methyl sites for hydroxylation is 3. The molecule has 0 amide bonds. The molecule has 104 valence electrons. The minimum Gasteiger partial charge on any atom is -0.511 e. The molecule has 1 nitrogen and oxygen atoms in total. The fourth-order valence-electron chi connectivity index (χ4n) is 3.71. The fourth-order valence-corrected chi connectivity index (χ4v) is 3.71. The monoisotopic (exact) mass is 266 g/mol. The van der Waals surface area contributed by atoms with Crippen molar-refractivity contribution in [2.24, 2.45) is 5.92 Å². The van der Waals surface area contributed by atoms with E-state index in [1.807, 2.05) is 24.3 Å². The topological polar surface area (TPSA) is 20.2 Å². The predicted octanol–water partition coefficient (Wildman–Crippen LogP) is 5.04. The highest BCUT2D eigenvalue weighted by Gasteiger charge is 2.37. The van der Waals surface area contributed by atoms with Crippen LogP contribution in [0.2, 0.25) is 0 Å². The lowest BCUT2D eigenvalue weighted by Crippen LogP contribution is -2.27. The summed E-state index contributed by atoms with van der Waals surface area (Å²) in [6, 6.07) is 4.52. The zero-order valence-corrected chi connectivity index (χ0v) is 12.5. The number of benzene rings is 1. The molecular weight excluding hydrogens is 244 g/mol. The molecule has 3 rings (SSSR count). The molecule has 1 aromatic rings. The maximum absolute atomic E-state index is 10.5. The Balaban J connectivity index is 1.95. The molecule has 0 radical (unpaired) electrons. The van der Waals surface area contributed by atoms with Crippen molar-refractivity contribution in [1.29, 1.82) is 0 Å². The first-order chi connectivity index (χ1) is 9.58. The molecule has 0 heterocycles. The van der Waals surface area contributed by atoms with Gasteiger partial charge in [-0.15, -0.1) is 0 Å². The number of hydrogen-bond donors (Lipinski definition) is 1. The normalized spacial score (nSPS) is 24.1. The average molecular weight is 266 g/mol. The van der Waals surface area contributed by atoms with Gasteiger partial charge in [-0.2, -0.15) is 0 Å². The second kappa shape index (κ2) is 4.97. The molecule has 2 aliphatic carbocycles. The molecule has 0 spiro atoms. The Morgan fingerprint density at radius 1 is 1.00 bits per heavy atom. The number of aliphatic hydroxyl groups excluding tert-OH is 1. The van der Waals surface area contributed by atoms with Gasteiger partial charge in [-0.25, -0.2) is 0 Å². The van der Waals surface area contributed by atoms with Crippen LogP contribution in [0.1, 0.15) is 41.0 Å². The maximum Gasteiger partial charge on any atom is 0.103 e. The van der Waals surface area contributed by atoms with Gasteiger partial charge < -0.3 is 5.11 Å². The number of allylic oxidation sites excluding steroid dienone is 6. The van der Waals surface area contributed by atoms with E-state index in [9.17, 15) is 5.11 Å². The van der Waals surface area contributed by atoms with Gasteiger partial charge in [-0.3, -0.25) is 0 Å². The molecule has 2 atom stereocenters. The highest BCUT2D eigenvalue weighted by Crippen LogP contribution is 2.48. The van der Waals surface area contributed by atoms with Crippen molar-refractivity contribution in [3.8, 4) is 0 Å². The number of aliphatic hydroxyl groups is 1. The highest BCUT2D eigenvalue weighted by atomic mass is 16.3. The van der Waals surface area contributed by atoms with Gasteiger partial charge in [-0.1, -0.05) is 42.0 Å². The highest BCUT2D eigenvalue weighted by molar-refractivity contribution is 5.46. The summed E-state index contributed by atoms with van der Waals surface area (Å²) >= 11 is 0. The van der Waals surface area contributed by atoms with E-state index in [0.717, 1.165) is 12.0 Å². The van der Waals surface area contributed by atoms with E-state index in [1.54, 1.807) is 0 Å². The maximum atomic E-state index is 10.5. The molecule has 1 aromatic carbocycles. The van der Waals surface area contributed by atoms with Crippen LogP contribution >= 0.6 is 0 Å². The summed E-state index contributed by atoms with van der Waals surface area (Å²) < 4.78 is 0. The van der Waals surface area contributed by atoms with E-state index in [2.05, 4.69) is 32.9 Å². The van der Waals surface area contributed by atoms with Gasteiger partial charge >= 0.3 is 0 Å². The van der Waals surface area contributed by atoms with Gasteiger partial charge in [0.05, 0.1) is 0 Å². The zero-order valence-electron chi connectivity index (χ0n) is 12.5. The smallest absolute Gasteiger partial charge is 0.103 e. The van der Waals surface area contributed by atoms with E-state index in [1.165, 1.54) is 28.7 Å². The standard InChI is InChI=1S/C19H22O/c1-12-10-13(2)18(14(3)11-12)16-8-9-17(16)19(20)15-6-4-5-7-15/h4-7,10-11,16-17,20H,8-9H2,1-3H3. The van der Waals surface area contributed by atoms with Crippen molar-refractivity contribution >= 4 is 0 Å². The third-order valence-electron chi connectivity index (χ3n) is 4.69. The van der Waals surface area contributed by atoms with Gasteiger partial charge in [0.25, 0.3) is 0 Å². The molecule has 1 saturated carbocycles. The van der Waals surface area contributed by atoms with Crippen LogP contribution in [0.25, 0.3) is 0 Å². The molecule has 0 saturated heterocycles. The Kier molecular flexibility index (Phi) is 3.29. The zero-order chi connectivity index (χ0) is 14.3. The first kappa shape index (κ1) is 13.2. The minimum absolute atomic E-state index is 0.289. The lowest BCUT2D eigenvalue weighted by molar-refractivity contribution is 0.206. The van der Waals surface area contributed by atoms with E-state index in [0.29, 0.717) is 11.7 Å². The van der Waals surface area contributed by atoms with Gasteiger partial charge in [0.1, 0.15) is 5.76 Å². The van der Waals surface area contributed by atoms with Crippen molar-refractivity contribution in [2.75, 3.05) is 0 Å². The van der Waals surface area contributed by atoms with Gasteiger partial charge in [-0.05, 0) is 56.2 Å². The predicted molar refractivity (Wildman–Crippen MR) is 84.1 cm³/mol. The Labute approximate surface area is 121 Å². The van der Waals surface area contributed by atoms with Crippen LogP contribution in [0.5, 0.6) is 0 Å². The summed E-state index contributed by atoms with van der Waals surface area (Å²) in [6.07, 6.45) is 10.2. The first-order valence-electron chi connectivity index (χ1n) is 7.43. The van der Waals surface area contributed by atoms with Gasteiger partial charge in [0.2, 0.25) is 0 Å². The van der Waals surface area contributed by atoms with Crippen molar-refractivity contribution in [1.82, 2.24) is 0 Å². The number of rotatable bonds is 2. The minimum atomic E-state index is 0.289. The van der Waals surface area contributed by atoms with E-state index < -0.39 is 0 Å². The van der Waals surface area contributed by atoms with Crippen LogP contribution in [0.4, 0.5) is 0 Å². The summed E-state index contributed by atoms with van der Waals surface area (Å²) in [7, 11) is 0. The molecule has 1 fully saturated rings. The summed E-state index contributed by atoms with van der Waals surface area (Å²) in [5, 5.41) is 10.5. The van der Waals surface area contributed by atoms with Crippen LogP contribution in [0, 0.1) is 26.7 Å². The molecule has 1 N–H and O–H groups in total. The van der Waals surface area contributed by atoms with Crippen LogP contribution < -0.4 is 0 Å². The number of hydrogen-bond acceptors (Lipinski definition) is 1. The van der Waals surface area contributed by atoms with Gasteiger partial charge in [0.15, 0.2) is 0 Å². The Morgan fingerprint density at radius 3 is 2.10 bits per heavy atom. The molecule has 0 aliphatic heterocycles. The molecule has 1 heteroatoms. The largest absolute Gasteiger partial charge is 0.511 e. The lowest BCUT2D eigenvalue weighted by atomic mass is 9.66. The van der Waals surface area contributed by atoms with Gasteiger partial charge in [0, 0.05) is 11.5 Å². The van der Waals surface area contributed by atoms with Crippen molar-refractivity contribution in [2.45, 2.75) is 39.5 Å². The quantitative estimate of drug-likeness (QED) is 0.743. The van der Waals surface area contributed by atoms with Crippen LogP contribution in [-0.2, 0) is 0 Å². The molecule has 0 bridgehead atoms. The van der Waals surface area contributed by atoms with E-state index >= 15 is 0 Å². The Hall–Kier alpha value is -1.76. The Morgan fingerprint density at radius 2 is 1.60 bits per heavy atom. The summed E-state index contributed by atoms with van der Waals surface area (Å²) in [4.78, 5) is 0. The Bertz CT molecular complexity index is 594. The van der Waals surface area contributed by atoms with E-state index in [4.69, 9.17) is 0 Å². The summed E-state index contributed by atoms with van der Waals surface area (Å²) in [5.41, 5.74) is 6.50. The molecule has 0 aromatic heterocycles. The van der Waals surface area contributed by atoms with Crippen LogP contribution in [-0.4, -0.2) is 5.11 Å². The third kappa shape index (κ3) is 2.11. The summed E-state index contributed by atoms with van der Waals surface area (Å²) in [5.74, 6) is 1.34. The molecule has 2 aliphatic rings. The van der Waals surface area contributed by atoms with Crippen LogP contribution in [0.3, 0.4) is 0 Å². The van der Waals surface area contributed by atoms with Crippen LogP contribution in [0.15, 0.2) is 47.8 Å². The van der Waals surface area contributed by atoms with Crippen molar-refractivity contribution < 1.29 is 5.11 Å².